The zero-order chi connectivity index (χ0) is 12.1. The van der Waals surface area contributed by atoms with E-state index in [0.717, 1.165) is 19.4 Å². The molecule has 0 heterocycles. The summed E-state index contributed by atoms with van der Waals surface area (Å²) in [7, 11) is 0. The topological polar surface area (TPSA) is 29.1 Å². The second kappa shape index (κ2) is 5.53. The third-order valence-corrected chi connectivity index (χ3v) is 2.25. The summed E-state index contributed by atoms with van der Waals surface area (Å²) >= 11 is 0. The van der Waals surface area contributed by atoms with Crippen LogP contribution in [0.2, 0.25) is 0 Å². The molecule has 0 radical (unpaired) electrons. The molecule has 0 unspecified atom stereocenters. The van der Waals surface area contributed by atoms with Crippen LogP contribution >= 0.6 is 0 Å². The van der Waals surface area contributed by atoms with Crippen molar-refractivity contribution in [3.63, 3.8) is 0 Å². The monoisotopic (exact) mass is 213 g/mol. The lowest BCUT2D eigenvalue weighted by atomic mass is 9.76. The van der Waals surface area contributed by atoms with Crippen molar-refractivity contribution in [2.75, 3.05) is 6.54 Å². The maximum Gasteiger partial charge on any atom is 0.220 e. The smallest absolute Gasteiger partial charge is 0.220 e. The molecule has 90 valence electrons. The summed E-state index contributed by atoms with van der Waals surface area (Å²) in [5.74, 6) is 0.180. The summed E-state index contributed by atoms with van der Waals surface area (Å²) in [4.78, 5) is 11.3. The van der Waals surface area contributed by atoms with E-state index in [1.165, 1.54) is 0 Å². The van der Waals surface area contributed by atoms with Gasteiger partial charge < -0.3 is 5.32 Å². The number of amides is 1. The summed E-state index contributed by atoms with van der Waals surface area (Å²) in [6.07, 6.45) is 2.68. The Labute approximate surface area is 94.8 Å². The van der Waals surface area contributed by atoms with E-state index in [9.17, 15) is 4.79 Å². The highest BCUT2D eigenvalue weighted by Gasteiger charge is 2.25. The average molecular weight is 213 g/mol. The van der Waals surface area contributed by atoms with Crippen molar-refractivity contribution in [3.05, 3.63) is 0 Å². The molecule has 2 heteroatoms. The molecule has 0 saturated heterocycles. The number of hydrogen-bond acceptors (Lipinski definition) is 1. The van der Waals surface area contributed by atoms with Crippen molar-refractivity contribution in [2.24, 2.45) is 10.8 Å². The lowest BCUT2D eigenvalue weighted by Crippen LogP contribution is -2.36. The van der Waals surface area contributed by atoms with E-state index in [-0.39, 0.29) is 11.3 Å². The predicted molar refractivity (Wildman–Crippen MR) is 65.8 cm³/mol. The molecule has 0 spiro atoms. The van der Waals surface area contributed by atoms with Gasteiger partial charge in [0.1, 0.15) is 0 Å². The molecule has 0 bridgehead atoms. The molecule has 0 aliphatic heterocycles. The number of carbonyl (C=O) groups is 1. The van der Waals surface area contributed by atoms with Crippen LogP contribution in [0.4, 0.5) is 0 Å². The SMILES string of the molecule is CCCC(=O)NCC(C)(C)CC(C)(C)C. The minimum Gasteiger partial charge on any atom is -0.356 e. The Balaban J connectivity index is 3.99. The van der Waals surface area contributed by atoms with Crippen molar-refractivity contribution < 1.29 is 4.79 Å². The van der Waals surface area contributed by atoms with Crippen LogP contribution in [0.3, 0.4) is 0 Å². The fourth-order valence-electron chi connectivity index (χ4n) is 2.15. The van der Waals surface area contributed by atoms with Crippen LogP contribution in [0.1, 0.15) is 60.8 Å². The molecule has 0 fully saturated rings. The number of nitrogens with one attached hydrogen (secondary N) is 1. The molecule has 15 heavy (non-hydrogen) atoms. The van der Waals surface area contributed by atoms with Crippen molar-refractivity contribution in [1.82, 2.24) is 5.32 Å². The first-order chi connectivity index (χ1) is 6.66. The van der Waals surface area contributed by atoms with Gasteiger partial charge in [0.05, 0.1) is 0 Å². The second-order valence-electron chi connectivity index (χ2n) is 6.43. The van der Waals surface area contributed by atoms with Gasteiger partial charge in [0.2, 0.25) is 5.91 Å². The quantitative estimate of drug-likeness (QED) is 0.745. The number of hydrogen-bond donors (Lipinski definition) is 1. The first kappa shape index (κ1) is 14.5. The highest BCUT2D eigenvalue weighted by molar-refractivity contribution is 5.75. The normalized spacial score (nSPS) is 12.7. The van der Waals surface area contributed by atoms with Crippen molar-refractivity contribution >= 4 is 5.91 Å². The highest BCUT2D eigenvalue weighted by atomic mass is 16.1. The average Bonchev–Trinajstić information content (AvgIpc) is 1.97. The van der Waals surface area contributed by atoms with Gasteiger partial charge in [0.25, 0.3) is 0 Å². The zero-order valence-corrected chi connectivity index (χ0v) is 11.2. The molecule has 0 saturated carbocycles. The number of carbonyl (C=O) groups excluding carboxylic acids is 1. The largest absolute Gasteiger partial charge is 0.356 e. The molecule has 1 amide bonds. The molecular weight excluding hydrogens is 186 g/mol. The zero-order valence-electron chi connectivity index (χ0n) is 11.2. The van der Waals surface area contributed by atoms with E-state index in [0.29, 0.717) is 11.8 Å². The number of rotatable bonds is 5. The van der Waals surface area contributed by atoms with Gasteiger partial charge in [0, 0.05) is 13.0 Å². The van der Waals surface area contributed by atoms with Crippen LogP contribution in [-0.2, 0) is 4.79 Å². The van der Waals surface area contributed by atoms with Crippen LogP contribution in [0.5, 0.6) is 0 Å². The van der Waals surface area contributed by atoms with E-state index in [4.69, 9.17) is 0 Å². The maximum atomic E-state index is 11.3. The first-order valence-electron chi connectivity index (χ1n) is 5.93. The maximum absolute atomic E-state index is 11.3. The van der Waals surface area contributed by atoms with Gasteiger partial charge in [-0.2, -0.15) is 0 Å². The molecule has 0 aromatic heterocycles. The fraction of sp³-hybridized carbons (Fsp3) is 0.923. The highest BCUT2D eigenvalue weighted by Crippen LogP contribution is 2.32. The van der Waals surface area contributed by atoms with Crippen molar-refractivity contribution in [3.8, 4) is 0 Å². The molecule has 0 atom stereocenters. The van der Waals surface area contributed by atoms with Gasteiger partial charge in [-0.15, -0.1) is 0 Å². The van der Waals surface area contributed by atoms with Gasteiger partial charge in [-0.1, -0.05) is 41.5 Å². The Morgan fingerprint density at radius 3 is 2.07 bits per heavy atom. The van der Waals surface area contributed by atoms with Crippen LogP contribution in [0.15, 0.2) is 0 Å². The molecular formula is C13H27NO. The molecule has 1 N–H and O–H groups in total. The molecule has 0 rings (SSSR count). The summed E-state index contributed by atoms with van der Waals surface area (Å²) < 4.78 is 0. The minimum atomic E-state index is 0.180. The molecule has 0 aromatic rings. The summed E-state index contributed by atoms with van der Waals surface area (Å²) in [5, 5.41) is 3.01. The standard InChI is InChI=1S/C13H27NO/c1-7-8-11(15)14-10-13(5,6)9-12(2,3)4/h7-10H2,1-6H3,(H,14,15). The van der Waals surface area contributed by atoms with Crippen LogP contribution in [0.25, 0.3) is 0 Å². The molecule has 0 aliphatic rings. The predicted octanol–water partition coefficient (Wildman–Crippen LogP) is 3.37. The third-order valence-electron chi connectivity index (χ3n) is 2.25. The third kappa shape index (κ3) is 8.46. The van der Waals surface area contributed by atoms with Gasteiger partial charge in [-0.25, -0.2) is 0 Å². The minimum absolute atomic E-state index is 0.180. The van der Waals surface area contributed by atoms with Crippen LogP contribution < -0.4 is 5.32 Å². The van der Waals surface area contributed by atoms with Gasteiger partial charge in [-0.3, -0.25) is 4.79 Å². The van der Waals surface area contributed by atoms with Crippen molar-refractivity contribution in [2.45, 2.75) is 60.8 Å². The second-order valence-corrected chi connectivity index (χ2v) is 6.43. The van der Waals surface area contributed by atoms with Crippen molar-refractivity contribution in [1.29, 1.82) is 0 Å². The summed E-state index contributed by atoms with van der Waals surface area (Å²) in [6.45, 7) is 14.0. The molecule has 0 aliphatic carbocycles. The van der Waals surface area contributed by atoms with E-state index in [1.807, 2.05) is 6.92 Å². The Morgan fingerprint density at radius 2 is 1.67 bits per heavy atom. The van der Waals surface area contributed by atoms with Crippen LogP contribution in [-0.4, -0.2) is 12.5 Å². The molecule has 2 nitrogen and oxygen atoms in total. The lowest BCUT2D eigenvalue weighted by molar-refractivity contribution is -0.121. The van der Waals surface area contributed by atoms with E-state index in [1.54, 1.807) is 0 Å². The summed E-state index contributed by atoms with van der Waals surface area (Å²) in [6, 6.07) is 0. The van der Waals surface area contributed by atoms with E-state index >= 15 is 0 Å². The van der Waals surface area contributed by atoms with Gasteiger partial charge >= 0.3 is 0 Å². The summed E-state index contributed by atoms with van der Waals surface area (Å²) in [5.41, 5.74) is 0.501. The fourth-order valence-corrected chi connectivity index (χ4v) is 2.15. The Kier molecular flexibility index (Phi) is 5.33. The van der Waals surface area contributed by atoms with Gasteiger partial charge in [-0.05, 0) is 23.7 Å². The Hall–Kier alpha value is -0.530. The van der Waals surface area contributed by atoms with E-state index < -0.39 is 0 Å². The van der Waals surface area contributed by atoms with E-state index in [2.05, 4.69) is 39.9 Å². The Morgan fingerprint density at radius 1 is 1.13 bits per heavy atom. The van der Waals surface area contributed by atoms with Gasteiger partial charge in [0.15, 0.2) is 0 Å². The Bertz CT molecular complexity index is 201. The first-order valence-corrected chi connectivity index (χ1v) is 5.93. The van der Waals surface area contributed by atoms with Crippen LogP contribution in [0, 0.1) is 10.8 Å². The molecule has 0 aromatic carbocycles. The lowest BCUT2D eigenvalue weighted by Gasteiger charge is -2.32.